The van der Waals surface area contributed by atoms with Crippen LogP contribution in [0.4, 0.5) is 17.1 Å². The summed E-state index contributed by atoms with van der Waals surface area (Å²) in [5.74, 6) is -1.50. The monoisotopic (exact) mass is 633 g/mol. The molecule has 0 saturated carbocycles. The molecule has 236 valence electrons. The number of esters is 1. The van der Waals surface area contributed by atoms with Crippen molar-refractivity contribution < 1.29 is 33.8 Å². The van der Waals surface area contributed by atoms with Crippen LogP contribution in [-0.2, 0) is 30.4 Å². The summed E-state index contributed by atoms with van der Waals surface area (Å²) in [6.45, 7) is 4.92. The zero-order chi connectivity index (χ0) is 32.4. The number of halogens is 1. The van der Waals surface area contributed by atoms with E-state index in [2.05, 4.69) is 15.0 Å². The first-order valence-electron chi connectivity index (χ1n) is 14.4. The van der Waals surface area contributed by atoms with E-state index in [0.29, 0.717) is 36.4 Å². The summed E-state index contributed by atoms with van der Waals surface area (Å²) in [5.41, 5.74) is 4.39. The van der Waals surface area contributed by atoms with Gasteiger partial charge in [0.1, 0.15) is 6.26 Å². The van der Waals surface area contributed by atoms with Crippen molar-refractivity contribution in [2.45, 2.75) is 26.3 Å². The van der Waals surface area contributed by atoms with Crippen LogP contribution in [0.3, 0.4) is 0 Å². The molecule has 0 aromatic heterocycles. The number of hydrogen-bond acceptors (Lipinski definition) is 8. The van der Waals surface area contributed by atoms with Gasteiger partial charge in [-0.15, -0.1) is 0 Å². The third-order valence-electron chi connectivity index (χ3n) is 6.51. The summed E-state index contributed by atoms with van der Waals surface area (Å²) in [5, 5.41) is 11.8. The Kier molecular flexibility index (Phi) is 14.3. The van der Waals surface area contributed by atoms with E-state index in [1.165, 1.54) is 6.08 Å². The van der Waals surface area contributed by atoms with E-state index < -0.39 is 5.97 Å². The minimum absolute atomic E-state index is 0.0272. The molecule has 1 aliphatic rings. The van der Waals surface area contributed by atoms with Gasteiger partial charge in [0.2, 0.25) is 0 Å². The number of carbonyl (C=O) groups excluding carboxylic acids is 3. The molecule has 3 aromatic carbocycles. The highest BCUT2D eigenvalue weighted by molar-refractivity contribution is 6.31. The van der Waals surface area contributed by atoms with Gasteiger partial charge in [-0.2, -0.15) is 0 Å². The number of nitrogens with zero attached hydrogens (tertiary/aromatic N) is 2. The molecule has 1 amide bonds. The van der Waals surface area contributed by atoms with E-state index in [0.717, 1.165) is 54.8 Å². The topological polar surface area (TPSA) is 125 Å². The molecule has 11 heteroatoms. The van der Waals surface area contributed by atoms with Gasteiger partial charge >= 0.3 is 11.9 Å². The molecule has 1 heterocycles. The molecule has 0 bridgehead atoms. The van der Waals surface area contributed by atoms with Gasteiger partial charge in [-0.3, -0.25) is 9.59 Å². The van der Waals surface area contributed by atoms with E-state index in [4.69, 9.17) is 21.4 Å². The standard InChI is InChI=1S/C30H32ClN3O3.C4H4O4/c1-2-37-29(35)15-10-19-32-18-8-9-20-33-26-14-7-6-13-25(26)30(36)34(22-23-11-4-3-5-12-23)27-17-16-24(31)21-28(27)33;5-3-8-2-1-4(6)7/h3-7,10-17,21,32H,2,8-9,18-20,22H2,1H3;1-3H,(H,6,7)/b15-10+;2-1-. The van der Waals surface area contributed by atoms with Crippen LogP contribution >= 0.6 is 11.6 Å². The van der Waals surface area contributed by atoms with Gasteiger partial charge in [0.25, 0.3) is 12.4 Å². The van der Waals surface area contributed by atoms with Crippen LogP contribution in [0.15, 0.2) is 97.3 Å². The first-order chi connectivity index (χ1) is 21.8. The molecule has 3 aromatic rings. The highest BCUT2D eigenvalue weighted by atomic mass is 35.5. The summed E-state index contributed by atoms with van der Waals surface area (Å²) in [7, 11) is 0. The molecule has 0 atom stereocenters. The lowest BCUT2D eigenvalue weighted by Gasteiger charge is -2.28. The molecule has 4 rings (SSSR count). The second-order valence-electron chi connectivity index (χ2n) is 9.62. The van der Waals surface area contributed by atoms with Crippen LogP contribution in [0, 0.1) is 0 Å². The van der Waals surface area contributed by atoms with Crippen molar-refractivity contribution in [1.82, 2.24) is 5.32 Å². The molecule has 0 spiro atoms. The predicted molar refractivity (Wildman–Crippen MR) is 174 cm³/mol. The number of amides is 1. The lowest BCUT2D eigenvalue weighted by atomic mass is 10.1. The molecule has 0 aliphatic carbocycles. The maximum atomic E-state index is 13.8. The van der Waals surface area contributed by atoms with Crippen LogP contribution in [0.5, 0.6) is 0 Å². The Morgan fingerprint density at radius 3 is 2.42 bits per heavy atom. The molecule has 0 saturated heterocycles. The van der Waals surface area contributed by atoms with Crippen molar-refractivity contribution in [3.05, 3.63) is 113 Å². The zero-order valence-corrected chi connectivity index (χ0v) is 25.7. The average molecular weight is 634 g/mol. The minimum Gasteiger partial charge on any atom is -0.478 e. The van der Waals surface area contributed by atoms with Crippen LogP contribution in [0.25, 0.3) is 0 Å². The van der Waals surface area contributed by atoms with Crippen LogP contribution in [0.2, 0.25) is 5.02 Å². The fourth-order valence-corrected chi connectivity index (χ4v) is 4.73. The van der Waals surface area contributed by atoms with Gasteiger partial charge in [-0.05, 0) is 62.2 Å². The van der Waals surface area contributed by atoms with Gasteiger partial charge < -0.3 is 29.7 Å². The normalized spacial score (nSPS) is 12.2. The number of para-hydroxylation sites is 1. The number of unbranched alkanes of at least 4 members (excludes halogenated alkanes) is 1. The summed E-state index contributed by atoms with van der Waals surface area (Å²) in [4.78, 5) is 48.2. The molecule has 0 fully saturated rings. The third-order valence-corrected chi connectivity index (χ3v) is 6.74. The Morgan fingerprint density at radius 2 is 1.69 bits per heavy atom. The van der Waals surface area contributed by atoms with Gasteiger partial charge in [-0.1, -0.05) is 60.1 Å². The lowest BCUT2D eigenvalue weighted by Crippen LogP contribution is -2.29. The molecule has 45 heavy (non-hydrogen) atoms. The number of aliphatic carboxylic acids is 1. The molecule has 0 radical (unpaired) electrons. The second kappa shape index (κ2) is 18.7. The summed E-state index contributed by atoms with van der Waals surface area (Å²) >= 11 is 6.46. The highest BCUT2D eigenvalue weighted by Gasteiger charge is 2.30. The third kappa shape index (κ3) is 10.9. The number of ether oxygens (including phenoxy) is 2. The van der Waals surface area contributed by atoms with Gasteiger partial charge in [-0.25, -0.2) is 9.59 Å². The number of fused-ring (bicyclic) bond motifs is 2. The van der Waals surface area contributed by atoms with Crippen molar-refractivity contribution in [1.29, 1.82) is 0 Å². The molecule has 1 aliphatic heterocycles. The number of nitrogens with one attached hydrogen (secondary N) is 1. The Hall–Kier alpha value is -4.93. The van der Waals surface area contributed by atoms with Crippen molar-refractivity contribution in [2.75, 3.05) is 36.0 Å². The van der Waals surface area contributed by atoms with E-state index in [1.54, 1.807) is 13.0 Å². The van der Waals surface area contributed by atoms with E-state index in [1.807, 2.05) is 77.7 Å². The summed E-state index contributed by atoms with van der Waals surface area (Å²) in [6, 6.07) is 23.5. The van der Waals surface area contributed by atoms with Gasteiger partial charge in [0.05, 0.1) is 41.9 Å². The number of benzene rings is 3. The number of hydrogen-bond donors (Lipinski definition) is 2. The highest BCUT2D eigenvalue weighted by Crippen LogP contribution is 2.42. The smallest absolute Gasteiger partial charge is 0.331 e. The van der Waals surface area contributed by atoms with Gasteiger partial charge in [0.15, 0.2) is 0 Å². The number of rotatable bonds is 14. The average Bonchev–Trinajstić information content (AvgIpc) is 3.12. The minimum atomic E-state index is -1.15. The van der Waals surface area contributed by atoms with Crippen molar-refractivity contribution in [3.8, 4) is 0 Å². The predicted octanol–water partition coefficient (Wildman–Crippen LogP) is 5.89. The molecule has 0 unspecified atom stereocenters. The SMILES string of the molecule is CCOC(=O)/C=C/CNCCCCN1c2ccccc2C(=O)N(Cc2ccccc2)c2ccc(Cl)cc21.O=CO/C=C\C(=O)O. The number of anilines is 3. The maximum absolute atomic E-state index is 13.8. The molecular weight excluding hydrogens is 598 g/mol. The first-order valence-corrected chi connectivity index (χ1v) is 14.8. The van der Waals surface area contributed by atoms with Crippen LogP contribution in [0.1, 0.15) is 35.7 Å². The fourth-order valence-electron chi connectivity index (χ4n) is 4.56. The molecular formula is C34H36ClN3O7. The Bertz CT molecular complexity index is 1490. The summed E-state index contributed by atoms with van der Waals surface area (Å²) in [6.07, 6.45) is 6.56. The lowest BCUT2D eigenvalue weighted by molar-refractivity contribution is -0.137. The quantitative estimate of drug-likeness (QED) is 0.0735. The first kappa shape index (κ1) is 34.6. The summed E-state index contributed by atoms with van der Waals surface area (Å²) < 4.78 is 8.78. The Labute approximate surface area is 267 Å². The number of carbonyl (C=O) groups is 4. The van der Waals surface area contributed by atoms with E-state index >= 15 is 0 Å². The maximum Gasteiger partial charge on any atom is 0.331 e. The Balaban J connectivity index is 0.000000610. The van der Waals surface area contributed by atoms with Crippen molar-refractivity contribution in [3.63, 3.8) is 0 Å². The number of carboxylic acid groups (broad SMARTS) is 1. The van der Waals surface area contributed by atoms with Crippen molar-refractivity contribution in [2.24, 2.45) is 0 Å². The zero-order valence-electron chi connectivity index (χ0n) is 24.9. The van der Waals surface area contributed by atoms with E-state index in [-0.39, 0.29) is 18.3 Å². The Morgan fingerprint density at radius 1 is 0.933 bits per heavy atom. The molecule has 2 N–H and O–H groups in total. The van der Waals surface area contributed by atoms with E-state index in [9.17, 15) is 19.2 Å². The van der Waals surface area contributed by atoms with Crippen LogP contribution in [-0.4, -0.2) is 55.7 Å². The van der Waals surface area contributed by atoms with Crippen molar-refractivity contribution >= 4 is 53.0 Å². The largest absolute Gasteiger partial charge is 0.478 e. The second-order valence-corrected chi connectivity index (χ2v) is 10.1. The number of carboxylic acids is 1. The van der Waals surface area contributed by atoms with Crippen LogP contribution < -0.4 is 15.1 Å². The van der Waals surface area contributed by atoms with Gasteiger partial charge in [0, 0.05) is 24.2 Å². The molecule has 10 nitrogen and oxygen atoms in total. The fraction of sp³-hybridized carbons (Fsp3) is 0.235.